The zero-order valence-electron chi connectivity index (χ0n) is 11.1. The summed E-state index contributed by atoms with van der Waals surface area (Å²) in [5, 5.41) is 0. The van der Waals surface area contributed by atoms with Gasteiger partial charge in [-0.05, 0) is 23.8 Å². The molecule has 0 aromatic carbocycles. The van der Waals surface area contributed by atoms with E-state index in [0.717, 1.165) is 43.7 Å². The van der Waals surface area contributed by atoms with Crippen molar-refractivity contribution in [3.63, 3.8) is 0 Å². The Morgan fingerprint density at radius 1 is 1.28 bits per heavy atom. The third-order valence-electron chi connectivity index (χ3n) is 3.70. The van der Waals surface area contributed by atoms with Crippen LogP contribution in [0, 0.1) is 5.92 Å². The highest BCUT2D eigenvalue weighted by molar-refractivity contribution is 7.80. The van der Waals surface area contributed by atoms with E-state index < -0.39 is 0 Å². The van der Waals surface area contributed by atoms with E-state index in [0.29, 0.717) is 0 Å². The lowest BCUT2D eigenvalue weighted by molar-refractivity contribution is 0.224. The van der Waals surface area contributed by atoms with Gasteiger partial charge >= 0.3 is 0 Å². The highest BCUT2D eigenvalue weighted by Gasteiger charge is 2.19. The molecule has 100 valence electrons. The largest absolute Gasteiger partial charge is 0.354 e. The summed E-state index contributed by atoms with van der Waals surface area (Å²) in [6, 6.07) is 6.12. The van der Waals surface area contributed by atoms with E-state index in [1.807, 2.05) is 12.3 Å². The highest BCUT2D eigenvalue weighted by Crippen LogP contribution is 2.14. The molecule has 1 fully saturated rings. The fourth-order valence-corrected chi connectivity index (χ4v) is 2.76. The minimum absolute atomic E-state index is 0.731. The zero-order chi connectivity index (χ0) is 12.8. The lowest BCUT2D eigenvalue weighted by Gasteiger charge is -2.36. The summed E-state index contributed by atoms with van der Waals surface area (Å²) in [6.07, 6.45) is 3.10. The first-order chi connectivity index (χ1) is 8.83. The van der Waals surface area contributed by atoms with Crippen LogP contribution in [0.1, 0.15) is 13.3 Å². The molecule has 1 aliphatic rings. The number of nitrogens with zero attached hydrogens (tertiary/aromatic N) is 3. The minimum atomic E-state index is 0.731. The second-order valence-corrected chi connectivity index (χ2v) is 5.30. The molecule has 0 N–H and O–H groups in total. The first-order valence-electron chi connectivity index (χ1n) is 6.82. The molecule has 0 aliphatic carbocycles. The molecule has 0 amide bonds. The van der Waals surface area contributed by atoms with E-state index in [1.54, 1.807) is 0 Å². The van der Waals surface area contributed by atoms with Crippen LogP contribution < -0.4 is 4.90 Å². The Labute approximate surface area is 116 Å². The minimum Gasteiger partial charge on any atom is -0.354 e. The van der Waals surface area contributed by atoms with Gasteiger partial charge in [0.15, 0.2) is 0 Å². The quantitative estimate of drug-likeness (QED) is 0.824. The Hall–Kier alpha value is -0.740. The molecule has 0 saturated carbocycles. The fraction of sp³-hybridized carbons (Fsp3) is 0.643. The maximum Gasteiger partial charge on any atom is 0.128 e. The van der Waals surface area contributed by atoms with E-state index in [4.69, 9.17) is 0 Å². The molecule has 1 aromatic heterocycles. The second-order valence-electron chi connectivity index (χ2n) is 4.93. The number of hydrogen-bond donors (Lipinski definition) is 1. The number of rotatable bonds is 5. The average Bonchev–Trinajstić information content (AvgIpc) is 2.46. The SMILES string of the molecule is CCC(CS)CN1CCN(c2ccccn2)CC1. The van der Waals surface area contributed by atoms with Gasteiger partial charge in [0.1, 0.15) is 5.82 Å². The third-order valence-corrected chi connectivity index (χ3v) is 4.21. The van der Waals surface area contributed by atoms with Crippen molar-refractivity contribution in [2.24, 2.45) is 5.92 Å². The van der Waals surface area contributed by atoms with E-state index >= 15 is 0 Å². The number of thiol groups is 1. The Morgan fingerprint density at radius 2 is 2.06 bits per heavy atom. The van der Waals surface area contributed by atoms with Gasteiger partial charge in [-0.1, -0.05) is 19.4 Å². The van der Waals surface area contributed by atoms with E-state index in [9.17, 15) is 0 Å². The molecule has 18 heavy (non-hydrogen) atoms. The van der Waals surface area contributed by atoms with Crippen LogP contribution in [0.3, 0.4) is 0 Å². The summed E-state index contributed by atoms with van der Waals surface area (Å²) in [5.41, 5.74) is 0. The van der Waals surface area contributed by atoms with Crippen LogP contribution in [0.2, 0.25) is 0 Å². The molecule has 0 bridgehead atoms. The van der Waals surface area contributed by atoms with Gasteiger partial charge < -0.3 is 4.90 Å². The van der Waals surface area contributed by atoms with Crippen molar-refractivity contribution in [3.05, 3.63) is 24.4 Å². The Balaban J connectivity index is 1.81. The van der Waals surface area contributed by atoms with Crippen LogP contribution in [-0.4, -0.2) is 48.4 Å². The normalized spacial score (nSPS) is 18.9. The van der Waals surface area contributed by atoms with Crippen molar-refractivity contribution in [2.45, 2.75) is 13.3 Å². The molecule has 1 saturated heterocycles. The van der Waals surface area contributed by atoms with Crippen molar-refractivity contribution >= 4 is 18.4 Å². The Morgan fingerprint density at radius 3 is 2.61 bits per heavy atom. The summed E-state index contributed by atoms with van der Waals surface area (Å²) in [5.74, 6) is 2.84. The van der Waals surface area contributed by atoms with Crippen molar-refractivity contribution in [3.8, 4) is 0 Å². The lowest BCUT2D eigenvalue weighted by atomic mass is 10.1. The molecule has 1 unspecified atom stereocenters. The van der Waals surface area contributed by atoms with Gasteiger partial charge in [-0.25, -0.2) is 4.98 Å². The molecule has 3 nitrogen and oxygen atoms in total. The van der Waals surface area contributed by atoms with Crippen LogP contribution >= 0.6 is 12.6 Å². The molecule has 0 radical (unpaired) electrons. The van der Waals surface area contributed by atoms with Gasteiger partial charge in [0.25, 0.3) is 0 Å². The predicted octanol–water partition coefficient (Wildman–Crippen LogP) is 2.16. The van der Waals surface area contributed by atoms with Gasteiger partial charge in [-0.2, -0.15) is 12.6 Å². The molecule has 1 aliphatic heterocycles. The van der Waals surface area contributed by atoms with Crippen LogP contribution in [-0.2, 0) is 0 Å². The molecular formula is C14H23N3S. The number of aromatic nitrogens is 1. The van der Waals surface area contributed by atoms with E-state index in [-0.39, 0.29) is 0 Å². The van der Waals surface area contributed by atoms with E-state index in [2.05, 4.69) is 46.5 Å². The summed E-state index contributed by atoms with van der Waals surface area (Å²) in [4.78, 5) is 9.35. The Bertz CT molecular complexity index is 332. The second kappa shape index (κ2) is 7.00. The highest BCUT2D eigenvalue weighted by atomic mass is 32.1. The Kier molecular flexibility index (Phi) is 5.32. The van der Waals surface area contributed by atoms with Crippen molar-refractivity contribution in [2.75, 3.05) is 43.4 Å². The van der Waals surface area contributed by atoms with Gasteiger partial charge in [-0.3, -0.25) is 4.90 Å². The standard InChI is InChI=1S/C14H23N3S/c1-2-13(12-18)11-16-7-9-17(10-8-16)14-5-3-4-6-15-14/h3-6,13,18H,2,7-12H2,1H3. The zero-order valence-corrected chi connectivity index (χ0v) is 12.0. The summed E-state index contributed by atoms with van der Waals surface area (Å²) >= 11 is 4.42. The molecule has 0 spiro atoms. The number of anilines is 1. The molecule has 4 heteroatoms. The smallest absolute Gasteiger partial charge is 0.128 e. The maximum atomic E-state index is 4.42. The topological polar surface area (TPSA) is 19.4 Å². The fourth-order valence-electron chi connectivity index (χ4n) is 2.38. The van der Waals surface area contributed by atoms with Crippen LogP contribution in [0.5, 0.6) is 0 Å². The van der Waals surface area contributed by atoms with Gasteiger partial charge in [-0.15, -0.1) is 0 Å². The molecule has 2 rings (SSSR count). The summed E-state index contributed by atoms with van der Waals surface area (Å²) in [6.45, 7) is 7.89. The number of hydrogen-bond acceptors (Lipinski definition) is 4. The number of pyridine rings is 1. The van der Waals surface area contributed by atoms with Crippen LogP contribution in [0.4, 0.5) is 5.82 Å². The average molecular weight is 265 g/mol. The van der Waals surface area contributed by atoms with Gasteiger partial charge in [0, 0.05) is 38.9 Å². The molecule has 2 heterocycles. The van der Waals surface area contributed by atoms with Gasteiger partial charge in [0.05, 0.1) is 0 Å². The third kappa shape index (κ3) is 3.62. The first kappa shape index (κ1) is 13.7. The van der Waals surface area contributed by atoms with Crippen LogP contribution in [0.25, 0.3) is 0 Å². The predicted molar refractivity (Wildman–Crippen MR) is 80.5 cm³/mol. The molecule has 1 atom stereocenters. The first-order valence-corrected chi connectivity index (χ1v) is 7.46. The van der Waals surface area contributed by atoms with Crippen molar-refractivity contribution in [1.29, 1.82) is 0 Å². The molecule has 1 aromatic rings. The maximum absolute atomic E-state index is 4.42. The van der Waals surface area contributed by atoms with Crippen LogP contribution in [0.15, 0.2) is 24.4 Å². The van der Waals surface area contributed by atoms with E-state index in [1.165, 1.54) is 13.0 Å². The summed E-state index contributed by atoms with van der Waals surface area (Å²) in [7, 11) is 0. The van der Waals surface area contributed by atoms with Gasteiger partial charge in [0.2, 0.25) is 0 Å². The number of piperazine rings is 1. The monoisotopic (exact) mass is 265 g/mol. The van der Waals surface area contributed by atoms with Crippen molar-refractivity contribution < 1.29 is 0 Å². The van der Waals surface area contributed by atoms with Crippen molar-refractivity contribution in [1.82, 2.24) is 9.88 Å². The molecular weight excluding hydrogens is 242 g/mol. The summed E-state index contributed by atoms with van der Waals surface area (Å²) < 4.78 is 0. The lowest BCUT2D eigenvalue weighted by Crippen LogP contribution is -2.48.